The van der Waals surface area contributed by atoms with Crippen LogP contribution in [0.4, 0.5) is 0 Å². The highest BCUT2D eigenvalue weighted by Gasteiger charge is 2.14. The number of nitrogens with one attached hydrogen (secondary N) is 1. The van der Waals surface area contributed by atoms with E-state index in [0.717, 1.165) is 11.4 Å². The number of rotatable bonds is 4. The molecule has 3 heterocycles. The van der Waals surface area contributed by atoms with Crippen LogP contribution in [0.1, 0.15) is 15.4 Å². The van der Waals surface area contributed by atoms with E-state index in [1.54, 1.807) is 12.3 Å². The minimum atomic E-state index is -0.0879. The van der Waals surface area contributed by atoms with Gasteiger partial charge in [0.25, 0.3) is 5.91 Å². The molecule has 0 aromatic carbocycles. The summed E-state index contributed by atoms with van der Waals surface area (Å²) in [7, 11) is 0. The van der Waals surface area contributed by atoms with Crippen molar-refractivity contribution in [2.45, 2.75) is 6.54 Å². The van der Waals surface area contributed by atoms with Crippen LogP contribution in [0.2, 0.25) is 0 Å². The molecular formula is C14H12N2O2S. The Morgan fingerprint density at radius 1 is 1.26 bits per heavy atom. The number of carbonyl (C=O) groups is 1. The Hall–Kier alpha value is -2.27. The fraction of sp³-hybridized carbons (Fsp3) is 0.0714. The molecule has 3 aromatic heterocycles. The number of hydrogen-bond donors (Lipinski definition) is 1. The van der Waals surface area contributed by atoms with Crippen LogP contribution in [-0.2, 0) is 6.54 Å². The molecule has 0 radical (unpaired) electrons. The third-order valence-electron chi connectivity index (χ3n) is 2.74. The fourth-order valence-electron chi connectivity index (χ4n) is 1.83. The maximum absolute atomic E-state index is 12.2. The molecule has 0 aliphatic carbocycles. The van der Waals surface area contributed by atoms with Crippen molar-refractivity contribution in [2.24, 2.45) is 0 Å². The number of aromatic nitrogens is 1. The van der Waals surface area contributed by atoms with Crippen molar-refractivity contribution in [3.05, 3.63) is 65.0 Å². The zero-order valence-corrected chi connectivity index (χ0v) is 10.9. The lowest BCUT2D eigenvalue weighted by Crippen LogP contribution is -2.22. The zero-order valence-electron chi connectivity index (χ0n) is 10.1. The third kappa shape index (κ3) is 2.46. The van der Waals surface area contributed by atoms with Gasteiger partial charge in [0.15, 0.2) is 0 Å². The van der Waals surface area contributed by atoms with Crippen molar-refractivity contribution in [1.29, 1.82) is 0 Å². The SMILES string of the molecule is O=C(NCc1ccco1)c1sccc1-n1cccc1. The molecule has 0 bridgehead atoms. The third-order valence-corrected chi connectivity index (χ3v) is 3.64. The van der Waals surface area contributed by atoms with Crippen LogP contribution in [0.15, 0.2) is 58.8 Å². The van der Waals surface area contributed by atoms with Gasteiger partial charge in [-0.25, -0.2) is 0 Å². The average Bonchev–Trinajstić information content (AvgIpc) is 3.14. The first kappa shape index (κ1) is 11.8. The first-order chi connectivity index (χ1) is 9.34. The van der Waals surface area contributed by atoms with Gasteiger partial charge in [0.05, 0.1) is 18.5 Å². The molecule has 19 heavy (non-hydrogen) atoms. The Morgan fingerprint density at radius 2 is 2.11 bits per heavy atom. The Balaban J connectivity index is 1.75. The summed E-state index contributed by atoms with van der Waals surface area (Å²) in [5, 5.41) is 4.77. The van der Waals surface area contributed by atoms with E-state index >= 15 is 0 Å². The molecule has 0 aliphatic rings. The molecule has 0 unspecified atom stereocenters. The fourth-order valence-corrected chi connectivity index (χ4v) is 2.64. The van der Waals surface area contributed by atoms with Gasteiger partial charge in [-0.2, -0.15) is 0 Å². The molecule has 1 N–H and O–H groups in total. The lowest BCUT2D eigenvalue weighted by Gasteiger charge is -2.05. The molecule has 0 fully saturated rings. The summed E-state index contributed by atoms with van der Waals surface area (Å²) in [4.78, 5) is 12.9. The van der Waals surface area contributed by atoms with Crippen LogP contribution < -0.4 is 5.32 Å². The van der Waals surface area contributed by atoms with E-state index in [1.807, 2.05) is 46.6 Å². The second-order valence-electron chi connectivity index (χ2n) is 3.99. The molecule has 0 atom stereocenters. The number of thiophene rings is 1. The van der Waals surface area contributed by atoms with E-state index in [9.17, 15) is 4.79 Å². The second-order valence-corrected chi connectivity index (χ2v) is 4.90. The quantitative estimate of drug-likeness (QED) is 0.793. The highest BCUT2D eigenvalue weighted by molar-refractivity contribution is 7.12. The molecule has 5 heteroatoms. The lowest BCUT2D eigenvalue weighted by molar-refractivity contribution is 0.0952. The summed E-state index contributed by atoms with van der Waals surface area (Å²) in [6, 6.07) is 9.44. The summed E-state index contributed by atoms with van der Waals surface area (Å²) in [6.45, 7) is 0.398. The molecule has 96 valence electrons. The molecule has 3 aromatic rings. The number of nitrogens with zero attached hydrogens (tertiary/aromatic N) is 1. The monoisotopic (exact) mass is 272 g/mol. The molecule has 0 spiro atoms. The molecular weight excluding hydrogens is 260 g/mol. The first-order valence-corrected chi connectivity index (χ1v) is 6.74. The first-order valence-electron chi connectivity index (χ1n) is 5.86. The van der Waals surface area contributed by atoms with Crippen molar-refractivity contribution in [2.75, 3.05) is 0 Å². The van der Waals surface area contributed by atoms with Gasteiger partial charge < -0.3 is 14.3 Å². The lowest BCUT2D eigenvalue weighted by atomic mass is 10.3. The number of amides is 1. The van der Waals surface area contributed by atoms with Gasteiger partial charge in [-0.1, -0.05) is 0 Å². The minimum Gasteiger partial charge on any atom is -0.467 e. The summed E-state index contributed by atoms with van der Waals surface area (Å²) >= 11 is 1.43. The van der Waals surface area contributed by atoms with Crippen molar-refractivity contribution in [3.8, 4) is 5.69 Å². The van der Waals surface area contributed by atoms with Gasteiger partial charge in [-0.3, -0.25) is 4.79 Å². The topological polar surface area (TPSA) is 47.2 Å². The Morgan fingerprint density at radius 3 is 2.84 bits per heavy atom. The summed E-state index contributed by atoms with van der Waals surface area (Å²) < 4.78 is 7.12. The summed E-state index contributed by atoms with van der Waals surface area (Å²) in [6.07, 6.45) is 5.44. The van der Waals surface area contributed by atoms with E-state index in [4.69, 9.17) is 4.42 Å². The van der Waals surface area contributed by atoms with Crippen LogP contribution >= 0.6 is 11.3 Å². The highest BCUT2D eigenvalue weighted by atomic mass is 32.1. The van der Waals surface area contributed by atoms with Crippen molar-refractivity contribution in [1.82, 2.24) is 9.88 Å². The van der Waals surface area contributed by atoms with Gasteiger partial charge in [0.1, 0.15) is 10.6 Å². The second kappa shape index (κ2) is 5.16. The van der Waals surface area contributed by atoms with Crippen LogP contribution in [-0.4, -0.2) is 10.5 Å². The normalized spacial score (nSPS) is 10.5. The van der Waals surface area contributed by atoms with Crippen molar-refractivity contribution in [3.63, 3.8) is 0 Å². The van der Waals surface area contributed by atoms with Crippen LogP contribution in [0.5, 0.6) is 0 Å². The molecule has 0 saturated carbocycles. The number of carbonyl (C=O) groups excluding carboxylic acids is 1. The van der Waals surface area contributed by atoms with Crippen LogP contribution in [0.3, 0.4) is 0 Å². The highest BCUT2D eigenvalue weighted by Crippen LogP contribution is 2.21. The Labute approximate surface area is 114 Å². The Bertz CT molecular complexity index is 654. The largest absolute Gasteiger partial charge is 0.467 e. The summed E-state index contributed by atoms with van der Waals surface area (Å²) in [5.74, 6) is 0.655. The number of hydrogen-bond acceptors (Lipinski definition) is 3. The predicted octanol–water partition coefficient (Wildman–Crippen LogP) is 3.06. The standard InChI is InChI=1S/C14H12N2O2S/c17-14(15-10-11-4-3-8-18-11)13-12(5-9-19-13)16-6-1-2-7-16/h1-9H,10H2,(H,15,17). The average molecular weight is 272 g/mol. The van der Waals surface area contributed by atoms with Crippen molar-refractivity contribution >= 4 is 17.2 Å². The van der Waals surface area contributed by atoms with Gasteiger partial charge in [-0.15, -0.1) is 11.3 Å². The van der Waals surface area contributed by atoms with E-state index < -0.39 is 0 Å². The molecule has 1 amide bonds. The predicted molar refractivity (Wildman–Crippen MR) is 73.5 cm³/mol. The molecule has 0 saturated heterocycles. The van der Waals surface area contributed by atoms with Crippen LogP contribution in [0, 0.1) is 0 Å². The zero-order chi connectivity index (χ0) is 13.1. The number of furan rings is 1. The van der Waals surface area contributed by atoms with Crippen LogP contribution in [0.25, 0.3) is 5.69 Å². The maximum atomic E-state index is 12.2. The van der Waals surface area contributed by atoms with Gasteiger partial charge >= 0.3 is 0 Å². The smallest absolute Gasteiger partial charge is 0.263 e. The van der Waals surface area contributed by atoms with E-state index in [2.05, 4.69) is 5.32 Å². The van der Waals surface area contributed by atoms with Crippen molar-refractivity contribution < 1.29 is 9.21 Å². The van der Waals surface area contributed by atoms with E-state index in [-0.39, 0.29) is 5.91 Å². The van der Waals surface area contributed by atoms with Gasteiger partial charge in [0.2, 0.25) is 0 Å². The molecule has 4 nitrogen and oxygen atoms in total. The molecule has 3 rings (SSSR count). The van der Waals surface area contributed by atoms with E-state index in [1.165, 1.54) is 11.3 Å². The van der Waals surface area contributed by atoms with Gasteiger partial charge in [-0.05, 0) is 35.7 Å². The molecule has 0 aliphatic heterocycles. The maximum Gasteiger partial charge on any atom is 0.263 e. The summed E-state index contributed by atoms with van der Waals surface area (Å²) in [5.41, 5.74) is 0.895. The minimum absolute atomic E-state index is 0.0879. The van der Waals surface area contributed by atoms with E-state index in [0.29, 0.717) is 11.4 Å². The Kier molecular flexibility index (Phi) is 3.20. The van der Waals surface area contributed by atoms with Gasteiger partial charge in [0, 0.05) is 12.4 Å².